The maximum atomic E-state index is 13.4. The monoisotopic (exact) mass is 321 g/mol. The molecule has 5 nitrogen and oxygen atoms in total. The number of esters is 1. The Morgan fingerprint density at radius 3 is 2.36 bits per heavy atom. The van der Waals surface area contributed by atoms with Gasteiger partial charge in [-0.1, -0.05) is 6.92 Å². The number of carbonyl (C=O) groups excluding carboxylic acids is 2. The second-order valence-corrected chi connectivity index (χ2v) is 6.63. The Morgan fingerprint density at radius 2 is 1.95 bits per heavy atom. The van der Waals surface area contributed by atoms with E-state index in [1.165, 1.54) is 12.0 Å². The molecule has 0 unspecified atom stereocenters. The van der Waals surface area contributed by atoms with Crippen molar-refractivity contribution in [3.8, 4) is 0 Å². The molecule has 0 aromatic heterocycles. The van der Waals surface area contributed by atoms with E-state index in [0.29, 0.717) is 0 Å². The van der Waals surface area contributed by atoms with Crippen molar-refractivity contribution >= 4 is 12.1 Å². The molecule has 7 heteroatoms. The quantitative estimate of drug-likeness (QED) is 0.750. The predicted molar refractivity (Wildman–Crippen MR) is 76.7 cm³/mol. The van der Waals surface area contributed by atoms with Gasteiger partial charge >= 0.3 is 12.1 Å². The molecule has 0 bridgehead atoms. The molecule has 1 fully saturated rings. The molecule has 0 aromatic rings. The largest absolute Gasteiger partial charge is 0.469 e. The van der Waals surface area contributed by atoms with Crippen molar-refractivity contribution in [1.29, 1.82) is 0 Å². The van der Waals surface area contributed by atoms with E-state index in [4.69, 9.17) is 9.47 Å². The lowest BCUT2D eigenvalue weighted by atomic mass is 9.69. The van der Waals surface area contributed by atoms with Gasteiger partial charge in [0.1, 0.15) is 5.60 Å². The number of amides is 1. The highest BCUT2D eigenvalue weighted by Crippen LogP contribution is 2.43. The van der Waals surface area contributed by atoms with Crippen LogP contribution in [-0.4, -0.2) is 49.2 Å². The molecule has 1 heterocycles. The minimum atomic E-state index is -2.64. The Labute approximate surface area is 129 Å². The number of carbonyl (C=O) groups is 2. The fourth-order valence-corrected chi connectivity index (χ4v) is 2.90. The minimum absolute atomic E-state index is 0.0415. The maximum Gasteiger partial charge on any atom is 0.410 e. The molecule has 1 rings (SSSR count). The molecule has 2 atom stereocenters. The summed E-state index contributed by atoms with van der Waals surface area (Å²) >= 11 is 0. The van der Waals surface area contributed by atoms with E-state index < -0.39 is 35.4 Å². The summed E-state index contributed by atoms with van der Waals surface area (Å²) in [6, 6.07) is 0. The SMILES string of the molecule is CC[C@@]1(C(=O)OC)CN(C(=O)OC(C)(C)C)CC[C@@H]1C(F)F. The molecule has 1 aliphatic rings. The number of ether oxygens (including phenoxy) is 2. The van der Waals surface area contributed by atoms with E-state index in [1.54, 1.807) is 27.7 Å². The number of piperidine rings is 1. The summed E-state index contributed by atoms with van der Waals surface area (Å²) < 4.78 is 36.7. The van der Waals surface area contributed by atoms with Gasteiger partial charge in [0, 0.05) is 19.0 Å². The smallest absolute Gasteiger partial charge is 0.410 e. The van der Waals surface area contributed by atoms with Gasteiger partial charge in [0.05, 0.1) is 12.5 Å². The molecular formula is C15H25F2NO4. The Balaban J connectivity index is 3.03. The zero-order chi connectivity index (χ0) is 17.1. The lowest BCUT2D eigenvalue weighted by Gasteiger charge is -2.45. The Kier molecular flexibility index (Phi) is 5.76. The van der Waals surface area contributed by atoms with E-state index in [2.05, 4.69) is 0 Å². The number of likely N-dealkylation sites (tertiary alicyclic amines) is 1. The van der Waals surface area contributed by atoms with Crippen LogP contribution in [0.15, 0.2) is 0 Å². The molecule has 1 amide bonds. The van der Waals surface area contributed by atoms with Crippen LogP contribution in [0.4, 0.5) is 13.6 Å². The summed E-state index contributed by atoms with van der Waals surface area (Å²) in [5, 5.41) is 0. The van der Waals surface area contributed by atoms with Gasteiger partial charge in [0.2, 0.25) is 6.43 Å². The number of rotatable bonds is 3. The first kappa shape index (κ1) is 18.6. The van der Waals surface area contributed by atoms with Crippen LogP contribution in [0.2, 0.25) is 0 Å². The van der Waals surface area contributed by atoms with E-state index in [-0.39, 0.29) is 25.9 Å². The lowest BCUT2D eigenvalue weighted by Crippen LogP contribution is -2.57. The summed E-state index contributed by atoms with van der Waals surface area (Å²) in [5.41, 5.74) is -2.07. The average Bonchev–Trinajstić information content (AvgIpc) is 2.43. The van der Waals surface area contributed by atoms with Gasteiger partial charge in [-0.05, 0) is 33.6 Å². The number of hydrogen-bond donors (Lipinski definition) is 0. The third-order valence-electron chi connectivity index (χ3n) is 4.07. The highest BCUT2D eigenvalue weighted by Gasteiger charge is 2.53. The molecule has 0 N–H and O–H groups in total. The number of alkyl halides is 2. The lowest BCUT2D eigenvalue weighted by molar-refractivity contribution is -0.168. The third-order valence-corrected chi connectivity index (χ3v) is 4.07. The second kappa shape index (κ2) is 6.79. The summed E-state index contributed by atoms with van der Waals surface area (Å²) in [6.45, 7) is 6.87. The number of methoxy groups -OCH3 is 1. The van der Waals surface area contributed by atoms with Gasteiger partial charge in [-0.25, -0.2) is 13.6 Å². The minimum Gasteiger partial charge on any atom is -0.469 e. The van der Waals surface area contributed by atoms with Crippen molar-refractivity contribution in [2.75, 3.05) is 20.2 Å². The van der Waals surface area contributed by atoms with Crippen LogP contribution in [0.3, 0.4) is 0 Å². The summed E-state index contributed by atoms with van der Waals surface area (Å²) in [6.07, 6.45) is -3.02. The normalized spacial score (nSPS) is 26.0. The summed E-state index contributed by atoms with van der Waals surface area (Å²) in [5.74, 6) is -1.82. The molecule has 1 aliphatic heterocycles. The summed E-state index contributed by atoms with van der Waals surface area (Å²) in [4.78, 5) is 25.6. The molecular weight excluding hydrogens is 296 g/mol. The molecule has 0 aliphatic carbocycles. The van der Waals surface area contributed by atoms with Crippen LogP contribution in [0.5, 0.6) is 0 Å². The molecule has 22 heavy (non-hydrogen) atoms. The number of hydrogen-bond acceptors (Lipinski definition) is 4. The van der Waals surface area contributed by atoms with Crippen LogP contribution in [0, 0.1) is 11.3 Å². The van der Waals surface area contributed by atoms with E-state index in [9.17, 15) is 18.4 Å². The Hall–Kier alpha value is -1.40. The highest BCUT2D eigenvalue weighted by molar-refractivity contribution is 5.79. The first-order valence-electron chi connectivity index (χ1n) is 7.42. The molecule has 128 valence electrons. The second-order valence-electron chi connectivity index (χ2n) is 6.63. The van der Waals surface area contributed by atoms with Crippen molar-refractivity contribution in [3.05, 3.63) is 0 Å². The molecule has 0 aromatic carbocycles. The van der Waals surface area contributed by atoms with Crippen LogP contribution in [0.25, 0.3) is 0 Å². The predicted octanol–water partition coefficient (Wildman–Crippen LogP) is 3.08. The van der Waals surface area contributed by atoms with E-state index in [1.807, 2.05) is 0 Å². The van der Waals surface area contributed by atoms with Crippen LogP contribution in [-0.2, 0) is 14.3 Å². The van der Waals surface area contributed by atoms with Gasteiger partial charge in [0.25, 0.3) is 0 Å². The van der Waals surface area contributed by atoms with Gasteiger partial charge in [0.15, 0.2) is 0 Å². The number of halogens is 2. The zero-order valence-corrected chi connectivity index (χ0v) is 13.8. The Bertz CT molecular complexity index is 422. The fourth-order valence-electron chi connectivity index (χ4n) is 2.90. The topological polar surface area (TPSA) is 55.8 Å². The molecule has 0 spiro atoms. The van der Waals surface area contributed by atoms with Crippen molar-refractivity contribution < 1.29 is 27.8 Å². The van der Waals surface area contributed by atoms with Crippen LogP contribution in [0.1, 0.15) is 40.5 Å². The van der Waals surface area contributed by atoms with E-state index in [0.717, 1.165) is 0 Å². The van der Waals surface area contributed by atoms with Gasteiger partial charge in [-0.15, -0.1) is 0 Å². The first-order valence-corrected chi connectivity index (χ1v) is 7.42. The summed E-state index contributed by atoms with van der Waals surface area (Å²) in [7, 11) is 1.18. The average molecular weight is 321 g/mol. The van der Waals surface area contributed by atoms with Crippen molar-refractivity contribution in [2.24, 2.45) is 11.3 Å². The maximum absolute atomic E-state index is 13.4. The van der Waals surface area contributed by atoms with Crippen molar-refractivity contribution in [1.82, 2.24) is 4.90 Å². The van der Waals surface area contributed by atoms with Gasteiger partial charge in [-0.3, -0.25) is 4.79 Å². The van der Waals surface area contributed by atoms with Gasteiger partial charge < -0.3 is 14.4 Å². The van der Waals surface area contributed by atoms with E-state index >= 15 is 0 Å². The highest BCUT2D eigenvalue weighted by atomic mass is 19.3. The van der Waals surface area contributed by atoms with Crippen LogP contribution >= 0.6 is 0 Å². The first-order chi connectivity index (χ1) is 10.1. The Morgan fingerprint density at radius 1 is 1.36 bits per heavy atom. The molecule has 0 radical (unpaired) electrons. The van der Waals surface area contributed by atoms with Gasteiger partial charge in [-0.2, -0.15) is 0 Å². The standard InChI is InChI=1S/C15H25F2NO4/c1-6-15(12(19)21-5)9-18(8-7-10(15)11(16)17)13(20)22-14(2,3)4/h10-11H,6-9H2,1-5H3/t10-,15-/m1/s1. The van der Waals surface area contributed by atoms with Crippen molar-refractivity contribution in [3.63, 3.8) is 0 Å². The molecule has 1 saturated heterocycles. The van der Waals surface area contributed by atoms with Crippen LogP contribution < -0.4 is 0 Å². The fraction of sp³-hybridized carbons (Fsp3) is 0.867. The third kappa shape index (κ3) is 3.87. The number of nitrogens with zero attached hydrogens (tertiary/aromatic N) is 1. The zero-order valence-electron chi connectivity index (χ0n) is 13.8. The molecule has 0 saturated carbocycles. The van der Waals surface area contributed by atoms with Crippen molar-refractivity contribution in [2.45, 2.75) is 52.6 Å².